The molecule has 3 rings (SSSR count). The van der Waals surface area contributed by atoms with E-state index in [2.05, 4.69) is 0 Å². The van der Waals surface area contributed by atoms with E-state index in [4.69, 9.17) is 4.74 Å². The molecule has 0 radical (unpaired) electrons. The number of benzene rings is 2. The minimum absolute atomic E-state index is 0.0610. The lowest BCUT2D eigenvalue weighted by Crippen LogP contribution is -2.55. The number of carbonyl (C=O) groups excluding carboxylic acids is 3. The van der Waals surface area contributed by atoms with E-state index in [0.29, 0.717) is 11.3 Å². The van der Waals surface area contributed by atoms with Gasteiger partial charge in [0.2, 0.25) is 0 Å². The number of nitrogens with zero attached hydrogens (tertiary/aromatic N) is 2. The number of urea groups is 1. The molecular formula is C19H16N2O5. The molecule has 0 atom stereocenters. The van der Waals surface area contributed by atoms with E-state index in [1.165, 1.54) is 38.4 Å². The molecule has 1 aliphatic heterocycles. The third-order valence-corrected chi connectivity index (χ3v) is 3.98. The van der Waals surface area contributed by atoms with Gasteiger partial charge in [-0.1, -0.05) is 24.3 Å². The first-order chi connectivity index (χ1) is 12.4. The number of phenols is 1. The highest BCUT2D eigenvalue weighted by molar-refractivity contribution is 6.39. The first-order valence-corrected chi connectivity index (χ1v) is 7.74. The van der Waals surface area contributed by atoms with E-state index in [1.54, 1.807) is 30.3 Å². The van der Waals surface area contributed by atoms with E-state index < -0.39 is 17.8 Å². The van der Waals surface area contributed by atoms with Crippen LogP contribution in [-0.4, -0.2) is 42.0 Å². The fraction of sp³-hybridized carbons (Fsp3) is 0.105. The van der Waals surface area contributed by atoms with Gasteiger partial charge in [-0.05, 0) is 35.9 Å². The Labute approximate surface area is 149 Å². The molecule has 0 bridgehead atoms. The number of para-hydroxylation sites is 1. The van der Waals surface area contributed by atoms with E-state index in [1.807, 2.05) is 0 Å². The molecule has 1 saturated heterocycles. The number of aromatic hydroxyl groups is 1. The quantitative estimate of drug-likeness (QED) is 0.677. The summed E-state index contributed by atoms with van der Waals surface area (Å²) in [6.07, 6.45) is 1.37. The lowest BCUT2D eigenvalue weighted by atomic mass is 10.1. The summed E-state index contributed by atoms with van der Waals surface area (Å²) in [6.45, 7) is 0. The number of barbiturate groups is 1. The van der Waals surface area contributed by atoms with Crippen LogP contribution in [0, 0.1) is 0 Å². The number of carbonyl (C=O) groups is 3. The van der Waals surface area contributed by atoms with Crippen molar-refractivity contribution < 1.29 is 24.2 Å². The molecule has 2 aromatic carbocycles. The molecule has 0 aromatic heterocycles. The number of ether oxygens (including phenoxy) is 1. The summed E-state index contributed by atoms with van der Waals surface area (Å²) in [5, 5.41) is 9.67. The second kappa shape index (κ2) is 6.72. The summed E-state index contributed by atoms with van der Waals surface area (Å²) in [7, 11) is 2.71. The topological polar surface area (TPSA) is 87.2 Å². The second-order valence-corrected chi connectivity index (χ2v) is 5.61. The van der Waals surface area contributed by atoms with Crippen molar-refractivity contribution in [3.8, 4) is 11.5 Å². The first-order valence-electron chi connectivity index (χ1n) is 7.74. The van der Waals surface area contributed by atoms with Crippen LogP contribution in [0.2, 0.25) is 0 Å². The molecule has 132 valence electrons. The number of phenolic OH excluding ortho intramolecular Hbond substituents is 1. The van der Waals surface area contributed by atoms with Gasteiger partial charge in [-0.25, -0.2) is 9.69 Å². The maximum absolute atomic E-state index is 12.8. The molecule has 0 unspecified atom stereocenters. The normalized spacial score (nSPS) is 16.4. The van der Waals surface area contributed by atoms with Gasteiger partial charge in [0, 0.05) is 7.05 Å². The Balaban J connectivity index is 2.07. The van der Waals surface area contributed by atoms with Gasteiger partial charge in [0.25, 0.3) is 11.8 Å². The summed E-state index contributed by atoms with van der Waals surface area (Å²) in [4.78, 5) is 39.5. The highest BCUT2D eigenvalue weighted by atomic mass is 16.5. The molecule has 7 heteroatoms. The highest BCUT2D eigenvalue weighted by Crippen LogP contribution is 2.29. The monoisotopic (exact) mass is 352 g/mol. The third kappa shape index (κ3) is 2.90. The molecule has 7 nitrogen and oxygen atoms in total. The fourth-order valence-electron chi connectivity index (χ4n) is 2.60. The van der Waals surface area contributed by atoms with Crippen molar-refractivity contribution in [3.63, 3.8) is 0 Å². The van der Waals surface area contributed by atoms with Crippen LogP contribution in [0.15, 0.2) is 54.1 Å². The Morgan fingerprint density at radius 3 is 2.35 bits per heavy atom. The van der Waals surface area contributed by atoms with Crippen molar-refractivity contribution in [1.82, 2.24) is 4.90 Å². The van der Waals surface area contributed by atoms with E-state index >= 15 is 0 Å². The van der Waals surface area contributed by atoms with Crippen molar-refractivity contribution >= 4 is 29.6 Å². The lowest BCUT2D eigenvalue weighted by Gasteiger charge is -2.31. The van der Waals surface area contributed by atoms with Crippen molar-refractivity contribution in [1.29, 1.82) is 0 Å². The molecule has 0 aliphatic carbocycles. The van der Waals surface area contributed by atoms with Crippen LogP contribution in [0.1, 0.15) is 5.56 Å². The molecule has 26 heavy (non-hydrogen) atoms. The highest BCUT2D eigenvalue weighted by Gasteiger charge is 2.40. The molecule has 2 aromatic rings. The number of amides is 4. The van der Waals surface area contributed by atoms with Crippen LogP contribution in [0.25, 0.3) is 6.08 Å². The average molecular weight is 352 g/mol. The third-order valence-electron chi connectivity index (χ3n) is 3.98. The van der Waals surface area contributed by atoms with Gasteiger partial charge in [0.05, 0.1) is 12.8 Å². The van der Waals surface area contributed by atoms with Gasteiger partial charge in [-0.15, -0.1) is 0 Å². The van der Waals surface area contributed by atoms with Crippen LogP contribution < -0.4 is 9.64 Å². The maximum atomic E-state index is 12.8. The zero-order valence-electron chi connectivity index (χ0n) is 14.2. The number of hydrogen-bond donors (Lipinski definition) is 1. The molecule has 1 N–H and O–H groups in total. The predicted molar refractivity (Wildman–Crippen MR) is 94.7 cm³/mol. The maximum Gasteiger partial charge on any atom is 0.338 e. The van der Waals surface area contributed by atoms with Gasteiger partial charge < -0.3 is 9.84 Å². The largest absolute Gasteiger partial charge is 0.504 e. The molecule has 0 spiro atoms. The minimum atomic E-state index is -0.716. The first kappa shape index (κ1) is 17.2. The van der Waals surface area contributed by atoms with Crippen molar-refractivity contribution in [2.45, 2.75) is 0 Å². The average Bonchev–Trinajstić information content (AvgIpc) is 2.66. The van der Waals surface area contributed by atoms with Crippen LogP contribution in [0.5, 0.6) is 11.5 Å². The van der Waals surface area contributed by atoms with Crippen molar-refractivity contribution in [3.05, 3.63) is 59.7 Å². The molecular weight excluding hydrogens is 336 g/mol. The van der Waals surface area contributed by atoms with Gasteiger partial charge in [0.1, 0.15) is 5.57 Å². The summed E-state index contributed by atoms with van der Waals surface area (Å²) in [5.74, 6) is -1.26. The Morgan fingerprint density at radius 1 is 1.00 bits per heavy atom. The van der Waals surface area contributed by atoms with Crippen LogP contribution >= 0.6 is 0 Å². The summed E-state index contributed by atoms with van der Waals surface area (Å²) >= 11 is 0. The molecule has 1 heterocycles. The Hall–Kier alpha value is -3.61. The van der Waals surface area contributed by atoms with Crippen molar-refractivity contribution in [2.75, 3.05) is 19.1 Å². The minimum Gasteiger partial charge on any atom is -0.504 e. The van der Waals surface area contributed by atoms with Crippen LogP contribution in [0.4, 0.5) is 10.5 Å². The van der Waals surface area contributed by atoms with Crippen LogP contribution in [-0.2, 0) is 9.59 Å². The van der Waals surface area contributed by atoms with E-state index in [-0.39, 0.29) is 17.1 Å². The van der Waals surface area contributed by atoms with Gasteiger partial charge >= 0.3 is 6.03 Å². The fourth-order valence-corrected chi connectivity index (χ4v) is 2.60. The van der Waals surface area contributed by atoms with Gasteiger partial charge in [-0.2, -0.15) is 0 Å². The molecule has 0 saturated carbocycles. The second-order valence-electron chi connectivity index (χ2n) is 5.61. The zero-order chi connectivity index (χ0) is 18.8. The number of imide groups is 2. The lowest BCUT2D eigenvalue weighted by molar-refractivity contribution is -0.128. The van der Waals surface area contributed by atoms with Gasteiger partial charge in [-0.3, -0.25) is 14.5 Å². The molecule has 4 amide bonds. The summed E-state index contributed by atoms with van der Waals surface area (Å²) in [6, 6.07) is 12.1. The van der Waals surface area contributed by atoms with Crippen molar-refractivity contribution in [2.24, 2.45) is 0 Å². The number of likely N-dealkylation sites (N-methyl/N-ethyl adjacent to an activating group) is 1. The van der Waals surface area contributed by atoms with Crippen LogP contribution in [0.3, 0.4) is 0 Å². The summed E-state index contributed by atoms with van der Waals surface area (Å²) in [5.41, 5.74) is 0.687. The van der Waals surface area contributed by atoms with E-state index in [0.717, 1.165) is 9.80 Å². The van der Waals surface area contributed by atoms with E-state index in [9.17, 15) is 19.5 Å². The Bertz CT molecular complexity index is 921. The number of methoxy groups -OCH3 is 1. The number of hydrogen-bond acceptors (Lipinski definition) is 5. The SMILES string of the molecule is COc1cc(/C=C2\C(=O)N(C)C(=O)N(c3ccccc3)C2=O)ccc1O. The Morgan fingerprint density at radius 2 is 1.69 bits per heavy atom. The Kier molecular flexibility index (Phi) is 4.45. The standard InChI is InChI=1S/C19H16N2O5/c1-20-17(23)14(10-12-8-9-15(22)16(11-12)26-2)18(24)21(19(20)25)13-6-4-3-5-7-13/h3-11,22H,1-2H3/b14-10+. The zero-order valence-corrected chi connectivity index (χ0v) is 14.2. The predicted octanol–water partition coefficient (Wildman–Crippen LogP) is 2.41. The number of anilines is 1. The number of rotatable bonds is 3. The smallest absolute Gasteiger partial charge is 0.338 e. The summed E-state index contributed by atoms with van der Waals surface area (Å²) < 4.78 is 5.03. The van der Waals surface area contributed by atoms with Gasteiger partial charge in [0.15, 0.2) is 11.5 Å². The molecule has 1 aliphatic rings. The molecule has 1 fully saturated rings.